The Labute approximate surface area is 223 Å². The van der Waals surface area contributed by atoms with E-state index in [0.29, 0.717) is 22.7 Å². The third-order valence-corrected chi connectivity index (χ3v) is 6.68. The Kier molecular flexibility index (Phi) is 6.05. The number of H-pyrrole nitrogens is 1. The van der Waals surface area contributed by atoms with Crippen molar-refractivity contribution in [1.82, 2.24) is 10.3 Å². The maximum atomic E-state index is 14.1. The smallest absolute Gasteiger partial charge is 0.272 e. The lowest BCUT2D eigenvalue weighted by Gasteiger charge is -2.25. The number of para-hydroxylation sites is 2. The Bertz CT molecular complexity index is 1710. The maximum absolute atomic E-state index is 14.1. The zero-order chi connectivity index (χ0) is 26.9. The van der Waals surface area contributed by atoms with Gasteiger partial charge in [0, 0.05) is 22.0 Å². The van der Waals surface area contributed by atoms with E-state index < -0.39 is 18.0 Å². The van der Waals surface area contributed by atoms with E-state index in [2.05, 4.69) is 10.3 Å². The van der Waals surface area contributed by atoms with Gasteiger partial charge in [0.1, 0.15) is 5.69 Å². The molecular formula is C31H24N4O4. The first-order valence-electron chi connectivity index (χ1n) is 12.4. The SMILES string of the molecule is O=C(NC1N=C(c2ccccc2)c2ccccc2N(Cc2ccc(O)c(O)c2)C1=O)c1cc2ccccc2[nH]1. The van der Waals surface area contributed by atoms with Crippen LogP contribution in [0.1, 0.15) is 27.2 Å². The van der Waals surface area contributed by atoms with E-state index in [0.717, 1.165) is 22.0 Å². The number of hydrogen-bond acceptors (Lipinski definition) is 5. The highest BCUT2D eigenvalue weighted by atomic mass is 16.3. The second-order valence-electron chi connectivity index (χ2n) is 9.25. The van der Waals surface area contributed by atoms with Crippen LogP contribution in [-0.4, -0.2) is 38.9 Å². The highest BCUT2D eigenvalue weighted by molar-refractivity contribution is 6.20. The van der Waals surface area contributed by atoms with Crippen LogP contribution >= 0.6 is 0 Å². The number of aromatic amines is 1. The molecule has 0 radical (unpaired) electrons. The van der Waals surface area contributed by atoms with E-state index >= 15 is 0 Å². The fourth-order valence-electron chi connectivity index (χ4n) is 4.76. The molecule has 1 aromatic heterocycles. The van der Waals surface area contributed by atoms with Gasteiger partial charge in [0.05, 0.1) is 17.9 Å². The van der Waals surface area contributed by atoms with E-state index in [4.69, 9.17) is 4.99 Å². The third kappa shape index (κ3) is 4.59. The first-order chi connectivity index (χ1) is 19.0. The lowest BCUT2D eigenvalue weighted by Crippen LogP contribution is -2.47. The third-order valence-electron chi connectivity index (χ3n) is 6.68. The minimum atomic E-state index is -1.22. The second-order valence-corrected chi connectivity index (χ2v) is 9.25. The van der Waals surface area contributed by atoms with E-state index in [1.165, 1.54) is 17.0 Å². The summed E-state index contributed by atoms with van der Waals surface area (Å²) < 4.78 is 0. The van der Waals surface area contributed by atoms with Crippen LogP contribution < -0.4 is 10.2 Å². The molecule has 8 heteroatoms. The van der Waals surface area contributed by atoms with Gasteiger partial charge in [-0.3, -0.25) is 9.59 Å². The van der Waals surface area contributed by atoms with Crippen molar-refractivity contribution in [3.8, 4) is 11.5 Å². The average molecular weight is 517 g/mol. The molecule has 192 valence electrons. The summed E-state index contributed by atoms with van der Waals surface area (Å²) in [6.07, 6.45) is -1.22. The maximum Gasteiger partial charge on any atom is 0.272 e. The number of amides is 2. The molecule has 6 rings (SSSR count). The topological polar surface area (TPSA) is 118 Å². The van der Waals surface area contributed by atoms with Gasteiger partial charge in [0.15, 0.2) is 11.5 Å². The standard InChI is InChI=1S/C31H24N4O4/c36-26-15-14-19(16-27(26)37)18-35-25-13-7-5-11-22(25)28(20-8-2-1-3-9-20)33-29(31(35)39)34-30(38)24-17-21-10-4-6-12-23(21)32-24/h1-17,29,32,36-37H,18H2,(H,34,38). The van der Waals surface area contributed by atoms with Crippen molar-refractivity contribution < 1.29 is 19.8 Å². The van der Waals surface area contributed by atoms with Gasteiger partial charge in [-0.1, -0.05) is 72.8 Å². The van der Waals surface area contributed by atoms with Gasteiger partial charge in [-0.05, 0) is 35.9 Å². The number of benzene rings is 4. The highest BCUT2D eigenvalue weighted by Gasteiger charge is 2.33. The van der Waals surface area contributed by atoms with Crippen LogP contribution in [-0.2, 0) is 11.3 Å². The monoisotopic (exact) mass is 516 g/mol. The van der Waals surface area contributed by atoms with Gasteiger partial charge in [0.25, 0.3) is 11.8 Å². The summed E-state index contributed by atoms with van der Waals surface area (Å²) in [7, 11) is 0. The lowest BCUT2D eigenvalue weighted by molar-refractivity contribution is -0.120. The molecule has 1 atom stereocenters. The molecule has 0 saturated heterocycles. The number of aliphatic imine (C=N–C) groups is 1. The molecule has 0 fully saturated rings. The fourth-order valence-corrected chi connectivity index (χ4v) is 4.76. The molecule has 2 amide bonds. The van der Waals surface area contributed by atoms with Crippen molar-refractivity contribution in [2.75, 3.05) is 4.90 Å². The van der Waals surface area contributed by atoms with Crippen LogP contribution in [0.5, 0.6) is 11.5 Å². The van der Waals surface area contributed by atoms with Crippen LogP contribution in [0, 0.1) is 0 Å². The number of carbonyl (C=O) groups excluding carboxylic acids is 2. The Balaban J connectivity index is 1.44. The molecule has 0 spiro atoms. The van der Waals surface area contributed by atoms with Crippen molar-refractivity contribution in [2.45, 2.75) is 12.7 Å². The molecular weight excluding hydrogens is 492 g/mol. The van der Waals surface area contributed by atoms with Gasteiger partial charge >= 0.3 is 0 Å². The summed E-state index contributed by atoms with van der Waals surface area (Å²) in [6.45, 7) is 0.0834. The van der Waals surface area contributed by atoms with Crippen molar-refractivity contribution in [2.24, 2.45) is 4.99 Å². The Hall–Kier alpha value is -5.37. The number of phenolic OH excluding ortho intramolecular Hbond substituents is 2. The largest absolute Gasteiger partial charge is 0.504 e. The van der Waals surface area contributed by atoms with Gasteiger partial charge in [-0.2, -0.15) is 0 Å². The second kappa shape index (κ2) is 9.83. The molecule has 5 aromatic rings. The van der Waals surface area contributed by atoms with Gasteiger partial charge in [-0.15, -0.1) is 0 Å². The summed E-state index contributed by atoms with van der Waals surface area (Å²) >= 11 is 0. The van der Waals surface area contributed by atoms with E-state index in [1.54, 1.807) is 12.1 Å². The molecule has 2 heterocycles. The predicted octanol–water partition coefficient (Wildman–Crippen LogP) is 4.72. The summed E-state index contributed by atoms with van der Waals surface area (Å²) in [5.74, 6) is -1.44. The summed E-state index contributed by atoms with van der Waals surface area (Å²) in [5, 5.41) is 23.5. The number of aromatic nitrogens is 1. The van der Waals surface area contributed by atoms with Crippen molar-refractivity contribution in [3.05, 3.63) is 126 Å². The zero-order valence-corrected chi connectivity index (χ0v) is 20.7. The fraction of sp³-hybridized carbons (Fsp3) is 0.0645. The summed E-state index contributed by atoms with van der Waals surface area (Å²) in [5.41, 5.74) is 4.42. The predicted molar refractivity (Wildman–Crippen MR) is 149 cm³/mol. The molecule has 1 aliphatic rings. The number of fused-ring (bicyclic) bond motifs is 2. The molecule has 1 aliphatic heterocycles. The molecule has 1 unspecified atom stereocenters. The van der Waals surface area contributed by atoms with Crippen molar-refractivity contribution in [3.63, 3.8) is 0 Å². The first-order valence-corrected chi connectivity index (χ1v) is 12.4. The number of anilines is 1. The summed E-state index contributed by atoms with van der Waals surface area (Å²) in [6, 6.07) is 30.6. The molecule has 39 heavy (non-hydrogen) atoms. The van der Waals surface area contributed by atoms with Crippen LogP contribution in [0.4, 0.5) is 5.69 Å². The number of benzodiazepines with no additional fused rings is 1. The van der Waals surface area contributed by atoms with E-state index in [9.17, 15) is 19.8 Å². The zero-order valence-electron chi connectivity index (χ0n) is 20.7. The van der Waals surface area contributed by atoms with Crippen molar-refractivity contribution in [1.29, 1.82) is 0 Å². The van der Waals surface area contributed by atoms with Crippen LogP contribution in [0.15, 0.2) is 108 Å². The number of aromatic hydroxyl groups is 2. The van der Waals surface area contributed by atoms with Crippen LogP contribution in [0.2, 0.25) is 0 Å². The van der Waals surface area contributed by atoms with Gasteiger partial charge in [0.2, 0.25) is 6.17 Å². The molecule has 0 aliphatic carbocycles. The van der Waals surface area contributed by atoms with Gasteiger partial charge in [-0.25, -0.2) is 4.99 Å². The lowest BCUT2D eigenvalue weighted by atomic mass is 10.00. The molecule has 0 saturated carbocycles. The Morgan fingerprint density at radius 2 is 1.62 bits per heavy atom. The van der Waals surface area contributed by atoms with Crippen LogP contribution in [0.3, 0.4) is 0 Å². The van der Waals surface area contributed by atoms with E-state index in [1.807, 2.05) is 78.9 Å². The average Bonchev–Trinajstić information content (AvgIpc) is 3.36. The Morgan fingerprint density at radius 3 is 2.41 bits per heavy atom. The number of hydrogen-bond donors (Lipinski definition) is 4. The number of carbonyl (C=O) groups is 2. The highest BCUT2D eigenvalue weighted by Crippen LogP contribution is 2.31. The quantitative estimate of drug-likeness (QED) is 0.253. The number of rotatable bonds is 5. The minimum absolute atomic E-state index is 0.0834. The first kappa shape index (κ1) is 24.0. The van der Waals surface area contributed by atoms with Gasteiger partial charge < -0.3 is 25.4 Å². The molecule has 4 aromatic carbocycles. The molecule has 8 nitrogen and oxygen atoms in total. The summed E-state index contributed by atoms with van der Waals surface area (Å²) in [4.78, 5) is 36.9. The van der Waals surface area contributed by atoms with Crippen LogP contribution in [0.25, 0.3) is 10.9 Å². The molecule has 0 bridgehead atoms. The van der Waals surface area contributed by atoms with E-state index in [-0.39, 0.29) is 18.0 Å². The number of nitrogens with one attached hydrogen (secondary N) is 2. The molecule has 4 N–H and O–H groups in total. The minimum Gasteiger partial charge on any atom is -0.504 e. The number of phenols is 2. The number of nitrogens with zero attached hydrogens (tertiary/aromatic N) is 2. The van der Waals surface area contributed by atoms with Crippen molar-refractivity contribution >= 4 is 34.1 Å². The normalized spacial score (nSPS) is 15.0. The Morgan fingerprint density at radius 1 is 0.872 bits per heavy atom.